The molecule has 26 heavy (non-hydrogen) atoms. The van der Waals surface area contributed by atoms with E-state index >= 15 is 0 Å². The lowest BCUT2D eigenvalue weighted by Crippen LogP contribution is -2.17. The average Bonchev–Trinajstić information content (AvgIpc) is 2.66. The summed E-state index contributed by atoms with van der Waals surface area (Å²) in [6.07, 6.45) is 11.7. The van der Waals surface area contributed by atoms with Gasteiger partial charge in [0.05, 0.1) is 0 Å². The van der Waals surface area contributed by atoms with Crippen molar-refractivity contribution in [3.05, 3.63) is 60.2 Å². The largest absolute Gasteiger partial charge is 0.431 e. The maximum Gasteiger partial charge on any atom is 0.266 e. The van der Waals surface area contributed by atoms with Crippen LogP contribution >= 0.6 is 12.2 Å². The van der Waals surface area contributed by atoms with E-state index in [-0.39, 0.29) is 0 Å². The zero-order valence-corrected chi connectivity index (χ0v) is 16.7. The van der Waals surface area contributed by atoms with Crippen LogP contribution in [-0.2, 0) is 6.42 Å². The van der Waals surface area contributed by atoms with E-state index in [0.29, 0.717) is 5.17 Å². The zero-order chi connectivity index (χ0) is 18.5. The fourth-order valence-corrected chi connectivity index (χ4v) is 3.23. The second-order valence-electron chi connectivity index (χ2n) is 6.71. The number of thiocarbonyl (C=S) groups is 1. The molecule has 0 amide bonds. The Morgan fingerprint density at radius 3 is 2.15 bits per heavy atom. The van der Waals surface area contributed by atoms with Gasteiger partial charge < -0.3 is 10.1 Å². The second kappa shape index (κ2) is 12.5. The molecule has 0 unspecified atom stereocenters. The third-order valence-electron chi connectivity index (χ3n) is 4.50. The van der Waals surface area contributed by atoms with Crippen LogP contribution in [0.15, 0.2) is 54.6 Å². The minimum atomic E-state index is 0.388. The lowest BCUT2D eigenvalue weighted by Gasteiger charge is -2.13. The molecule has 0 fully saturated rings. The van der Waals surface area contributed by atoms with Crippen LogP contribution in [0.25, 0.3) is 0 Å². The number of hydrogen-bond donors (Lipinski definition) is 1. The molecule has 0 saturated carbocycles. The summed E-state index contributed by atoms with van der Waals surface area (Å²) in [6, 6.07) is 18.1. The number of unbranched alkanes of at least 4 members (excludes halogenated alkanes) is 7. The van der Waals surface area contributed by atoms with Crippen molar-refractivity contribution in [3.8, 4) is 5.75 Å². The van der Waals surface area contributed by atoms with E-state index in [9.17, 15) is 0 Å². The average molecular weight is 370 g/mol. The molecule has 0 radical (unpaired) electrons. The van der Waals surface area contributed by atoms with Gasteiger partial charge >= 0.3 is 0 Å². The summed E-state index contributed by atoms with van der Waals surface area (Å²) in [4.78, 5) is 0. The van der Waals surface area contributed by atoms with E-state index < -0.39 is 0 Å². The number of anilines is 1. The third-order valence-corrected chi connectivity index (χ3v) is 4.68. The highest BCUT2D eigenvalue weighted by molar-refractivity contribution is 7.80. The molecule has 0 bridgehead atoms. The van der Waals surface area contributed by atoms with Crippen molar-refractivity contribution in [3.63, 3.8) is 0 Å². The Kier molecular flexibility index (Phi) is 9.81. The van der Waals surface area contributed by atoms with Gasteiger partial charge in [-0.1, -0.05) is 88.3 Å². The molecular formula is C23H31NOS. The molecule has 0 atom stereocenters. The Morgan fingerprint density at radius 1 is 0.808 bits per heavy atom. The van der Waals surface area contributed by atoms with Gasteiger partial charge in [0.25, 0.3) is 5.17 Å². The summed E-state index contributed by atoms with van der Waals surface area (Å²) in [7, 11) is 0. The zero-order valence-electron chi connectivity index (χ0n) is 15.9. The van der Waals surface area contributed by atoms with Gasteiger partial charge in [-0.15, -0.1) is 0 Å². The van der Waals surface area contributed by atoms with Crippen molar-refractivity contribution >= 4 is 23.1 Å². The van der Waals surface area contributed by atoms with E-state index in [0.717, 1.165) is 17.9 Å². The predicted molar refractivity (Wildman–Crippen MR) is 116 cm³/mol. The van der Waals surface area contributed by atoms with Gasteiger partial charge in [0, 0.05) is 5.69 Å². The van der Waals surface area contributed by atoms with Crippen LogP contribution in [0.1, 0.15) is 63.9 Å². The minimum absolute atomic E-state index is 0.388. The standard InChI is InChI=1S/C23H31NOS/c1-2-3-4-5-6-7-8-10-15-20-16-13-14-19-22(20)25-23(26)24-21-17-11-9-12-18-21/h9,11-14,16-19H,2-8,10,15H2,1H3,(H,24,26). The van der Waals surface area contributed by atoms with E-state index in [1.54, 1.807) is 0 Å². The Labute approximate surface area is 164 Å². The van der Waals surface area contributed by atoms with Crippen molar-refractivity contribution in [2.45, 2.75) is 64.7 Å². The van der Waals surface area contributed by atoms with Gasteiger partial charge in [-0.05, 0) is 48.8 Å². The highest BCUT2D eigenvalue weighted by Crippen LogP contribution is 2.22. The van der Waals surface area contributed by atoms with E-state index in [4.69, 9.17) is 17.0 Å². The van der Waals surface area contributed by atoms with Crippen molar-refractivity contribution < 1.29 is 4.74 Å². The normalized spacial score (nSPS) is 10.5. The van der Waals surface area contributed by atoms with E-state index in [1.807, 2.05) is 42.5 Å². The Bertz CT molecular complexity index is 642. The number of hydrogen-bond acceptors (Lipinski definition) is 2. The second-order valence-corrected chi connectivity index (χ2v) is 7.08. The quantitative estimate of drug-likeness (QED) is 0.336. The first-order valence-electron chi connectivity index (χ1n) is 9.91. The number of para-hydroxylation sites is 2. The van der Waals surface area contributed by atoms with Gasteiger partial charge in [0.1, 0.15) is 5.75 Å². The van der Waals surface area contributed by atoms with Gasteiger partial charge in [-0.25, -0.2) is 0 Å². The maximum atomic E-state index is 5.89. The molecule has 3 heteroatoms. The first-order chi connectivity index (χ1) is 12.8. The molecule has 2 aromatic carbocycles. The van der Waals surface area contributed by atoms with E-state index in [1.165, 1.54) is 56.9 Å². The first kappa shape index (κ1) is 20.4. The Hall–Kier alpha value is -1.87. The summed E-state index contributed by atoms with van der Waals surface area (Å²) in [5.41, 5.74) is 2.17. The predicted octanol–water partition coefficient (Wildman–Crippen LogP) is 7.15. The highest BCUT2D eigenvalue weighted by atomic mass is 32.1. The minimum Gasteiger partial charge on any atom is -0.431 e. The topological polar surface area (TPSA) is 21.3 Å². The number of ether oxygens (including phenoxy) is 1. The number of aryl methyl sites for hydroxylation is 1. The number of benzene rings is 2. The van der Waals surface area contributed by atoms with Crippen LogP contribution in [0.3, 0.4) is 0 Å². The molecule has 0 saturated heterocycles. The lowest BCUT2D eigenvalue weighted by molar-refractivity contribution is 0.544. The Morgan fingerprint density at radius 2 is 1.42 bits per heavy atom. The van der Waals surface area contributed by atoms with Gasteiger partial charge in [-0.3, -0.25) is 0 Å². The Balaban J connectivity index is 1.74. The van der Waals surface area contributed by atoms with Gasteiger partial charge in [-0.2, -0.15) is 0 Å². The maximum absolute atomic E-state index is 5.89. The summed E-state index contributed by atoms with van der Waals surface area (Å²) in [5, 5.41) is 3.52. The van der Waals surface area contributed by atoms with Crippen LogP contribution in [0, 0.1) is 0 Å². The molecule has 2 nitrogen and oxygen atoms in total. The SMILES string of the molecule is CCCCCCCCCCc1ccccc1OC(=S)Nc1ccccc1. The lowest BCUT2D eigenvalue weighted by atomic mass is 10.0. The van der Waals surface area contributed by atoms with Gasteiger partial charge in [0.15, 0.2) is 0 Å². The third kappa shape index (κ3) is 8.01. The molecule has 2 aromatic rings. The molecule has 0 aliphatic rings. The van der Waals surface area contributed by atoms with Crippen molar-refractivity contribution in [1.29, 1.82) is 0 Å². The summed E-state index contributed by atoms with van der Waals surface area (Å²) in [6.45, 7) is 2.26. The highest BCUT2D eigenvalue weighted by Gasteiger charge is 2.06. The fourth-order valence-electron chi connectivity index (χ4n) is 3.02. The van der Waals surface area contributed by atoms with Crippen molar-refractivity contribution in [1.82, 2.24) is 0 Å². The summed E-state index contributed by atoms with van der Waals surface area (Å²) in [5.74, 6) is 0.865. The molecule has 0 aliphatic heterocycles. The summed E-state index contributed by atoms with van der Waals surface area (Å²) < 4.78 is 5.89. The smallest absolute Gasteiger partial charge is 0.266 e. The first-order valence-corrected chi connectivity index (χ1v) is 10.3. The molecule has 0 aromatic heterocycles. The number of nitrogens with one attached hydrogen (secondary N) is 1. The molecule has 140 valence electrons. The molecule has 0 aliphatic carbocycles. The van der Waals surface area contributed by atoms with Crippen LogP contribution in [0.4, 0.5) is 5.69 Å². The van der Waals surface area contributed by atoms with Gasteiger partial charge in [0.2, 0.25) is 0 Å². The fraction of sp³-hybridized carbons (Fsp3) is 0.435. The van der Waals surface area contributed by atoms with Crippen LogP contribution in [-0.4, -0.2) is 5.17 Å². The molecule has 0 spiro atoms. The van der Waals surface area contributed by atoms with Crippen LogP contribution < -0.4 is 10.1 Å². The molecule has 0 heterocycles. The molecule has 1 N–H and O–H groups in total. The molecular weight excluding hydrogens is 338 g/mol. The van der Waals surface area contributed by atoms with E-state index in [2.05, 4.69) is 24.4 Å². The number of rotatable bonds is 11. The van der Waals surface area contributed by atoms with Crippen LogP contribution in [0.5, 0.6) is 5.75 Å². The summed E-state index contributed by atoms with van der Waals surface area (Å²) >= 11 is 5.35. The van der Waals surface area contributed by atoms with Crippen LogP contribution in [0.2, 0.25) is 0 Å². The van der Waals surface area contributed by atoms with Crippen molar-refractivity contribution in [2.24, 2.45) is 0 Å². The monoisotopic (exact) mass is 369 g/mol. The van der Waals surface area contributed by atoms with Crippen molar-refractivity contribution in [2.75, 3.05) is 5.32 Å². The molecule has 2 rings (SSSR count).